The first-order valence-corrected chi connectivity index (χ1v) is 7.59. The average molecular weight is 283 g/mol. The molecule has 0 aliphatic carbocycles. The van der Waals surface area contributed by atoms with Crippen LogP contribution in [0.4, 0.5) is 11.4 Å². The molecule has 0 fully saturated rings. The smallest absolute Gasteiger partial charge is 0.0487 e. The molecule has 0 saturated carbocycles. The molecule has 21 heavy (non-hydrogen) atoms. The monoisotopic (exact) mass is 283 g/mol. The Labute approximate surface area is 128 Å². The van der Waals surface area contributed by atoms with Gasteiger partial charge < -0.3 is 10.2 Å². The van der Waals surface area contributed by atoms with Crippen molar-refractivity contribution in [2.75, 3.05) is 18.5 Å². The summed E-state index contributed by atoms with van der Waals surface area (Å²) >= 11 is 0. The molecule has 0 saturated heterocycles. The Bertz CT molecular complexity index is 593. The van der Waals surface area contributed by atoms with Gasteiger partial charge in [0.1, 0.15) is 0 Å². The first-order valence-electron chi connectivity index (χ1n) is 7.59. The summed E-state index contributed by atoms with van der Waals surface area (Å²) in [7, 11) is 2.13. The normalized spacial score (nSPS) is 10.7. The van der Waals surface area contributed by atoms with Crippen LogP contribution in [0.15, 0.2) is 36.5 Å². The van der Waals surface area contributed by atoms with E-state index in [0.717, 1.165) is 25.2 Å². The zero-order valence-electron chi connectivity index (χ0n) is 13.5. The van der Waals surface area contributed by atoms with Gasteiger partial charge in [0.15, 0.2) is 0 Å². The van der Waals surface area contributed by atoms with Gasteiger partial charge in [-0.2, -0.15) is 0 Å². The molecule has 2 rings (SSSR count). The van der Waals surface area contributed by atoms with Crippen molar-refractivity contribution < 1.29 is 0 Å². The van der Waals surface area contributed by atoms with E-state index in [-0.39, 0.29) is 0 Å². The van der Waals surface area contributed by atoms with E-state index in [4.69, 9.17) is 0 Å². The lowest BCUT2D eigenvalue weighted by Crippen LogP contribution is -2.19. The van der Waals surface area contributed by atoms with Crippen LogP contribution in [-0.4, -0.2) is 18.6 Å². The van der Waals surface area contributed by atoms with Crippen LogP contribution in [0.3, 0.4) is 0 Å². The largest absolute Gasteiger partial charge is 0.344 e. The molecule has 1 aromatic heterocycles. The zero-order valence-corrected chi connectivity index (χ0v) is 13.5. The first kappa shape index (κ1) is 15.5. The number of para-hydroxylation sites is 1. The number of anilines is 2. The maximum Gasteiger partial charge on any atom is 0.0487 e. The standard InChI is InChI=1S/C18H25N3/c1-5-10-19-12-16-13-20-15(3)11-18(16)21(4)17-9-7-6-8-14(17)2/h6-9,11,13,19H,5,10,12H2,1-4H3. The highest BCUT2D eigenvalue weighted by Crippen LogP contribution is 2.29. The molecule has 1 heterocycles. The average Bonchev–Trinajstić information content (AvgIpc) is 2.49. The first-order chi connectivity index (χ1) is 10.1. The summed E-state index contributed by atoms with van der Waals surface area (Å²) in [6.45, 7) is 8.25. The van der Waals surface area contributed by atoms with E-state index in [9.17, 15) is 0 Å². The number of aromatic nitrogens is 1. The van der Waals surface area contributed by atoms with Gasteiger partial charge in [0.25, 0.3) is 0 Å². The lowest BCUT2D eigenvalue weighted by Gasteiger charge is -2.24. The van der Waals surface area contributed by atoms with Gasteiger partial charge in [-0.05, 0) is 44.5 Å². The highest BCUT2D eigenvalue weighted by molar-refractivity contribution is 5.68. The Hall–Kier alpha value is -1.87. The molecule has 0 spiro atoms. The molecule has 0 aliphatic heterocycles. The van der Waals surface area contributed by atoms with Crippen LogP contribution >= 0.6 is 0 Å². The van der Waals surface area contributed by atoms with Gasteiger partial charge in [0.2, 0.25) is 0 Å². The fourth-order valence-corrected chi connectivity index (χ4v) is 2.49. The molecule has 3 nitrogen and oxygen atoms in total. The van der Waals surface area contributed by atoms with Crippen molar-refractivity contribution in [3.63, 3.8) is 0 Å². The van der Waals surface area contributed by atoms with Crippen molar-refractivity contribution in [2.45, 2.75) is 33.7 Å². The Morgan fingerprint density at radius 1 is 1.14 bits per heavy atom. The van der Waals surface area contributed by atoms with Crippen LogP contribution in [-0.2, 0) is 6.54 Å². The Kier molecular flexibility index (Phi) is 5.34. The maximum atomic E-state index is 4.45. The fourth-order valence-electron chi connectivity index (χ4n) is 2.49. The number of pyridine rings is 1. The summed E-state index contributed by atoms with van der Waals surface area (Å²) in [5, 5.41) is 3.47. The Morgan fingerprint density at radius 3 is 2.62 bits per heavy atom. The third kappa shape index (κ3) is 3.82. The van der Waals surface area contributed by atoms with Gasteiger partial charge >= 0.3 is 0 Å². The molecule has 0 aliphatic rings. The van der Waals surface area contributed by atoms with Crippen LogP contribution in [0.25, 0.3) is 0 Å². The van der Waals surface area contributed by atoms with Gasteiger partial charge in [-0.25, -0.2) is 0 Å². The van der Waals surface area contributed by atoms with E-state index >= 15 is 0 Å². The maximum absolute atomic E-state index is 4.45. The minimum absolute atomic E-state index is 0.854. The number of nitrogens with one attached hydrogen (secondary N) is 1. The second kappa shape index (κ2) is 7.23. The molecule has 3 heteroatoms. The van der Waals surface area contributed by atoms with Crippen LogP contribution < -0.4 is 10.2 Å². The molecule has 0 radical (unpaired) electrons. The van der Waals surface area contributed by atoms with E-state index in [2.05, 4.69) is 66.4 Å². The number of hydrogen-bond acceptors (Lipinski definition) is 3. The third-order valence-corrected chi connectivity index (χ3v) is 3.68. The molecule has 112 valence electrons. The molecule has 1 N–H and O–H groups in total. The third-order valence-electron chi connectivity index (χ3n) is 3.68. The topological polar surface area (TPSA) is 28.2 Å². The van der Waals surface area contributed by atoms with Crippen molar-refractivity contribution in [1.29, 1.82) is 0 Å². The van der Waals surface area contributed by atoms with Crippen LogP contribution in [0.2, 0.25) is 0 Å². The summed E-state index contributed by atoms with van der Waals surface area (Å²) in [5.41, 5.74) is 6.02. The second-order valence-corrected chi connectivity index (χ2v) is 5.48. The highest BCUT2D eigenvalue weighted by atomic mass is 15.1. The lowest BCUT2D eigenvalue weighted by atomic mass is 10.1. The van der Waals surface area contributed by atoms with Crippen LogP contribution in [0.5, 0.6) is 0 Å². The van der Waals surface area contributed by atoms with E-state index in [0.29, 0.717) is 0 Å². The van der Waals surface area contributed by atoms with Crippen molar-refractivity contribution in [2.24, 2.45) is 0 Å². The number of nitrogens with zero attached hydrogens (tertiary/aromatic N) is 2. The Balaban J connectivity index is 2.32. The SMILES string of the molecule is CCCNCc1cnc(C)cc1N(C)c1ccccc1C. The van der Waals surface area contributed by atoms with E-state index in [1.807, 2.05) is 13.1 Å². The Morgan fingerprint density at radius 2 is 1.90 bits per heavy atom. The number of hydrogen-bond donors (Lipinski definition) is 1. The van der Waals surface area contributed by atoms with Crippen LogP contribution in [0, 0.1) is 13.8 Å². The summed E-state index contributed by atoms with van der Waals surface area (Å²) in [4.78, 5) is 6.71. The second-order valence-electron chi connectivity index (χ2n) is 5.48. The molecule has 2 aromatic rings. The molecule has 1 aromatic carbocycles. The molecular weight excluding hydrogens is 258 g/mol. The number of rotatable bonds is 6. The van der Waals surface area contributed by atoms with Crippen molar-refractivity contribution in [3.8, 4) is 0 Å². The number of benzene rings is 1. The van der Waals surface area contributed by atoms with Crippen LogP contribution in [0.1, 0.15) is 30.2 Å². The van der Waals surface area contributed by atoms with Crippen molar-refractivity contribution in [3.05, 3.63) is 53.3 Å². The summed E-state index contributed by atoms with van der Waals surface area (Å²) in [6.07, 6.45) is 3.13. The van der Waals surface area contributed by atoms with E-state index in [1.165, 1.54) is 22.5 Å². The minimum atomic E-state index is 0.854. The van der Waals surface area contributed by atoms with E-state index < -0.39 is 0 Å². The van der Waals surface area contributed by atoms with Gasteiger partial charge in [-0.15, -0.1) is 0 Å². The van der Waals surface area contributed by atoms with Gasteiger partial charge in [0.05, 0.1) is 0 Å². The van der Waals surface area contributed by atoms with E-state index in [1.54, 1.807) is 0 Å². The fraction of sp³-hybridized carbons (Fsp3) is 0.389. The van der Waals surface area contributed by atoms with Crippen molar-refractivity contribution in [1.82, 2.24) is 10.3 Å². The van der Waals surface area contributed by atoms with Gasteiger partial charge in [-0.3, -0.25) is 4.98 Å². The predicted molar refractivity (Wildman–Crippen MR) is 90.2 cm³/mol. The molecule has 0 amide bonds. The molecule has 0 atom stereocenters. The highest BCUT2D eigenvalue weighted by Gasteiger charge is 2.11. The molecule has 0 unspecified atom stereocenters. The summed E-state index contributed by atoms with van der Waals surface area (Å²) in [6, 6.07) is 10.6. The van der Waals surface area contributed by atoms with Gasteiger partial charge in [-0.1, -0.05) is 25.1 Å². The van der Waals surface area contributed by atoms with Gasteiger partial charge in [0, 0.05) is 42.4 Å². The zero-order chi connectivity index (χ0) is 15.2. The molecule has 0 bridgehead atoms. The quantitative estimate of drug-likeness (QED) is 0.813. The molecular formula is C18H25N3. The predicted octanol–water partition coefficient (Wildman–Crippen LogP) is 3.97. The minimum Gasteiger partial charge on any atom is -0.344 e. The summed E-state index contributed by atoms with van der Waals surface area (Å²) < 4.78 is 0. The summed E-state index contributed by atoms with van der Waals surface area (Å²) in [5.74, 6) is 0. The lowest BCUT2D eigenvalue weighted by molar-refractivity contribution is 0.673. The van der Waals surface area contributed by atoms with Crippen molar-refractivity contribution >= 4 is 11.4 Å². The number of aryl methyl sites for hydroxylation is 2.